The highest BCUT2D eigenvalue weighted by atomic mass is 32.2. The molecule has 1 unspecified atom stereocenters. The van der Waals surface area contributed by atoms with Gasteiger partial charge in [-0.2, -0.15) is 5.26 Å². The number of morpholine rings is 1. The number of nitriles is 1. The molecule has 1 atom stereocenters. The molecule has 6 nitrogen and oxygen atoms in total. The number of hydrogen-bond donors (Lipinski definition) is 2. The second-order valence-electron chi connectivity index (χ2n) is 4.33. The fourth-order valence-corrected chi connectivity index (χ4v) is 2.91. The van der Waals surface area contributed by atoms with Crippen molar-refractivity contribution in [3.8, 4) is 6.07 Å². The van der Waals surface area contributed by atoms with Crippen LogP contribution < -0.4 is 10.0 Å². The molecule has 1 aromatic carbocycles. The van der Waals surface area contributed by atoms with Gasteiger partial charge in [0.1, 0.15) is 11.9 Å². The molecule has 1 aliphatic heterocycles. The number of hydrogen-bond acceptors (Lipinski definition) is 5. The van der Waals surface area contributed by atoms with Crippen molar-refractivity contribution in [2.75, 3.05) is 26.3 Å². The monoisotopic (exact) mass is 299 g/mol. The van der Waals surface area contributed by atoms with E-state index in [1.807, 2.05) is 0 Å². The number of halogens is 1. The van der Waals surface area contributed by atoms with Crippen LogP contribution in [0.25, 0.3) is 0 Å². The smallest absolute Gasteiger partial charge is 0.240 e. The molecule has 1 heterocycles. The van der Waals surface area contributed by atoms with Gasteiger partial charge in [-0.3, -0.25) is 0 Å². The SMILES string of the molecule is N#Cc1cc(S(=O)(=O)NCC2COCCN2)ccc1F. The first-order chi connectivity index (χ1) is 9.53. The van der Waals surface area contributed by atoms with Crippen molar-refractivity contribution in [2.45, 2.75) is 10.9 Å². The maximum Gasteiger partial charge on any atom is 0.240 e. The van der Waals surface area contributed by atoms with Crippen LogP contribution in [0.5, 0.6) is 0 Å². The molecule has 0 saturated carbocycles. The Kier molecular flexibility index (Phi) is 4.67. The van der Waals surface area contributed by atoms with Gasteiger partial charge in [0, 0.05) is 19.1 Å². The van der Waals surface area contributed by atoms with Gasteiger partial charge in [0.2, 0.25) is 10.0 Å². The number of rotatable bonds is 4. The third kappa shape index (κ3) is 3.52. The minimum atomic E-state index is -3.77. The van der Waals surface area contributed by atoms with E-state index in [2.05, 4.69) is 10.0 Å². The van der Waals surface area contributed by atoms with E-state index < -0.39 is 15.8 Å². The first-order valence-corrected chi connectivity index (χ1v) is 7.51. The highest BCUT2D eigenvalue weighted by Gasteiger charge is 2.19. The topological polar surface area (TPSA) is 91.2 Å². The number of nitrogens with zero attached hydrogens (tertiary/aromatic N) is 1. The molecule has 0 aliphatic carbocycles. The Bertz CT molecular complexity index is 621. The van der Waals surface area contributed by atoms with E-state index in [0.717, 1.165) is 18.2 Å². The lowest BCUT2D eigenvalue weighted by molar-refractivity contribution is 0.0784. The van der Waals surface area contributed by atoms with Gasteiger partial charge in [-0.1, -0.05) is 0 Å². The third-order valence-electron chi connectivity index (χ3n) is 2.89. The predicted molar refractivity (Wildman–Crippen MR) is 68.9 cm³/mol. The summed E-state index contributed by atoms with van der Waals surface area (Å²) in [6.45, 7) is 1.87. The molecule has 2 N–H and O–H groups in total. The summed E-state index contributed by atoms with van der Waals surface area (Å²) in [5.74, 6) is -0.742. The fraction of sp³-hybridized carbons (Fsp3) is 0.417. The van der Waals surface area contributed by atoms with Crippen LogP contribution >= 0.6 is 0 Å². The zero-order valence-corrected chi connectivity index (χ0v) is 11.4. The second kappa shape index (κ2) is 6.28. The number of sulfonamides is 1. The Hall–Kier alpha value is -1.53. The van der Waals surface area contributed by atoms with Gasteiger partial charge < -0.3 is 10.1 Å². The molecule has 1 aromatic rings. The molecule has 1 fully saturated rings. The molecule has 108 valence electrons. The van der Waals surface area contributed by atoms with Crippen molar-refractivity contribution >= 4 is 10.0 Å². The molecule has 0 bridgehead atoms. The van der Waals surface area contributed by atoms with E-state index in [9.17, 15) is 12.8 Å². The van der Waals surface area contributed by atoms with Crippen molar-refractivity contribution in [1.29, 1.82) is 5.26 Å². The van der Waals surface area contributed by atoms with Gasteiger partial charge >= 0.3 is 0 Å². The summed E-state index contributed by atoms with van der Waals surface area (Å²) in [7, 11) is -3.77. The quantitative estimate of drug-likeness (QED) is 0.814. The van der Waals surface area contributed by atoms with Crippen molar-refractivity contribution in [3.05, 3.63) is 29.6 Å². The Labute approximate surface area is 116 Å². The summed E-state index contributed by atoms with van der Waals surface area (Å²) in [6, 6.07) is 4.62. The Morgan fingerprint density at radius 3 is 3.00 bits per heavy atom. The van der Waals surface area contributed by atoms with Gasteiger partial charge in [-0.05, 0) is 18.2 Å². The van der Waals surface area contributed by atoms with E-state index in [-0.39, 0.29) is 23.0 Å². The first-order valence-electron chi connectivity index (χ1n) is 6.03. The molecular weight excluding hydrogens is 285 g/mol. The molecule has 2 rings (SSSR count). The summed E-state index contributed by atoms with van der Waals surface area (Å²) < 4.78 is 44.9. The first kappa shape index (κ1) is 14.9. The van der Waals surface area contributed by atoms with Crippen molar-refractivity contribution in [2.24, 2.45) is 0 Å². The van der Waals surface area contributed by atoms with Crippen molar-refractivity contribution in [1.82, 2.24) is 10.0 Å². The molecule has 0 aromatic heterocycles. The van der Waals surface area contributed by atoms with Gasteiger partial charge in [-0.25, -0.2) is 17.5 Å². The lowest BCUT2D eigenvalue weighted by atomic mass is 10.2. The van der Waals surface area contributed by atoms with Gasteiger partial charge in [0.15, 0.2) is 0 Å². The standard InChI is InChI=1S/C12H14FN3O3S/c13-12-2-1-11(5-9(12)6-14)20(17,18)16-7-10-8-19-4-3-15-10/h1-2,5,10,15-16H,3-4,7-8H2. The van der Waals surface area contributed by atoms with Crippen LogP contribution in [0.3, 0.4) is 0 Å². The van der Waals surface area contributed by atoms with E-state index in [1.165, 1.54) is 0 Å². The maximum absolute atomic E-state index is 13.2. The molecule has 20 heavy (non-hydrogen) atoms. The minimum Gasteiger partial charge on any atom is -0.378 e. The highest BCUT2D eigenvalue weighted by Crippen LogP contribution is 2.14. The molecule has 0 spiro atoms. The normalized spacial score (nSPS) is 19.5. The fourth-order valence-electron chi connectivity index (χ4n) is 1.80. The van der Waals surface area contributed by atoms with E-state index >= 15 is 0 Å². The van der Waals surface area contributed by atoms with Crippen LogP contribution in [0.1, 0.15) is 5.56 Å². The Morgan fingerprint density at radius 1 is 1.55 bits per heavy atom. The number of benzene rings is 1. The summed E-state index contributed by atoms with van der Waals surface area (Å²) in [6.07, 6.45) is 0. The van der Waals surface area contributed by atoms with Gasteiger partial charge in [-0.15, -0.1) is 0 Å². The summed E-state index contributed by atoms with van der Waals surface area (Å²) in [4.78, 5) is -0.132. The second-order valence-corrected chi connectivity index (χ2v) is 6.10. The largest absolute Gasteiger partial charge is 0.378 e. The molecule has 0 amide bonds. The minimum absolute atomic E-state index is 0.102. The lowest BCUT2D eigenvalue weighted by Gasteiger charge is -2.23. The van der Waals surface area contributed by atoms with Crippen LogP contribution in [-0.4, -0.2) is 40.8 Å². The van der Waals surface area contributed by atoms with Crippen LogP contribution in [0.15, 0.2) is 23.1 Å². The zero-order valence-electron chi connectivity index (χ0n) is 10.6. The van der Waals surface area contributed by atoms with Gasteiger partial charge in [0.05, 0.1) is 23.7 Å². The number of ether oxygens (including phenoxy) is 1. The summed E-state index contributed by atoms with van der Waals surface area (Å²) in [5, 5.41) is 11.8. The summed E-state index contributed by atoms with van der Waals surface area (Å²) in [5.41, 5.74) is -0.299. The van der Waals surface area contributed by atoms with Crippen molar-refractivity contribution < 1.29 is 17.5 Å². The average Bonchev–Trinajstić information content (AvgIpc) is 2.46. The molecule has 8 heteroatoms. The van der Waals surface area contributed by atoms with Crippen LogP contribution in [0, 0.1) is 17.1 Å². The van der Waals surface area contributed by atoms with Gasteiger partial charge in [0.25, 0.3) is 0 Å². The van der Waals surface area contributed by atoms with Crippen molar-refractivity contribution in [3.63, 3.8) is 0 Å². The maximum atomic E-state index is 13.2. The van der Waals surface area contributed by atoms with Crippen LogP contribution in [0.4, 0.5) is 4.39 Å². The average molecular weight is 299 g/mol. The van der Waals surface area contributed by atoms with E-state index in [0.29, 0.717) is 19.8 Å². The van der Waals surface area contributed by atoms with Crippen LogP contribution in [0.2, 0.25) is 0 Å². The molecule has 1 saturated heterocycles. The van der Waals surface area contributed by atoms with Crippen LogP contribution in [-0.2, 0) is 14.8 Å². The highest BCUT2D eigenvalue weighted by molar-refractivity contribution is 7.89. The Balaban J connectivity index is 2.08. The van der Waals surface area contributed by atoms with E-state index in [1.54, 1.807) is 6.07 Å². The molecule has 0 radical (unpaired) electrons. The zero-order chi connectivity index (χ0) is 14.6. The molecule has 1 aliphatic rings. The third-order valence-corrected chi connectivity index (χ3v) is 4.31. The number of nitrogens with one attached hydrogen (secondary N) is 2. The van der Waals surface area contributed by atoms with E-state index in [4.69, 9.17) is 10.00 Å². The predicted octanol–water partition coefficient (Wildman–Crippen LogP) is -0.0359. The summed E-state index contributed by atoms with van der Waals surface area (Å²) >= 11 is 0. The molecular formula is C12H14FN3O3S. The lowest BCUT2D eigenvalue weighted by Crippen LogP contribution is -2.48. The Morgan fingerprint density at radius 2 is 2.35 bits per heavy atom.